The Kier molecular flexibility index (Phi) is 6.01. The Labute approximate surface area is 180 Å². The number of nitrogens with zero attached hydrogens (tertiary/aromatic N) is 1. The van der Waals surface area contributed by atoms with Gasteiger partial charge in [0.2, 0.25) is 0 Å². The van der Waals surface area contributed by atoms with Crippen molar-refractivity contribution in [1.29, 1.82) is 0 Å². The number of rotatable bonds is 5. The fourth-order valence-electron chi connectivity index (χ4n) is 5.80. The van der Waals surface area contributed by atoms with Crippen LogP contribution in [-0.2, 0) is 6.42 Å². The number of ether oxygens (including phenoxy) is 1. The van der Waals surface area contributed by atoms with Gasteiger partial charge >= 0.3 is 0 Å². The molecular formula is C26H32ClNO. The monoisotopic (exact) mass is 409 g/mol. The summed E-state index contributed by atoms with van der Waals surface area (Å²) >= 11 is 6.03. The molecule has 2 aliphatic rings. The molecular weight excluding hydrogens is 378 g/mol. The zero-order chi connectivity index (χ0) is 20.4. The molecule has 0 heterocycles. The second-order valence-electron chi connectivity index (χ2n) is 9.05. The van der Waals surface area contributed by atoms with Gasteiger partial charge < -0.3 is 4.74 Å². The number of fused-ring (bicyclic) bond motifs is 3. The quantitative estimate of drug-likeness (QED) is 0.465. The van der Waals surface area contributed by atoms with Crippen molar-refractivity contribution in [2.24, 2.45) is 22.2 Å². The molecule has 3 heteroatoms. The van der Waals surface area contributed by atoms with Gasteiger partial charge in [-0.2, -0.15) is 0 Å². The second-order valence-corrected chi connectivity index (χ2v) is 9.48. The van der Waals surface area contributed by atoms with Crippen molar-refractivity contribution < 1.29 is 4.74 Å². The van der Waals surface area contributed by atoms with E-state index in [9.17, 15) is 0 Å². The molecule has 0 bridgehead atoms. The van der Waals surface area contributed by atoms with Gasteiger partial charge in [0, 0.05) is 16.7 Å². The predicted molar refractivity (Wildman–Crippen MR) is 123 cm³/mol. The first-order valence-corrected chi connectivity index (χ1v) is 11.4. The standard InChI is InChI=1S/C26H32ClNO/c1-4-5-25-24-12-6-18-16-21(29-3)11-13-22(18)23(24)14-15-26(25,2)17-28-20-9-7-19(27)8-10-20/h7-11,13,16-17,23-25H,4-6,12,14-15H2,1-3H3/t23-,24-,25+,26-/m1/s1. The highest BCUT2D eigenvalue weighted by molar-refractivity contribution is 6.30. The summed E-state index contributed by atoms with van der Waals surface area (Å²) < 4.78 is 5.46. The highest BCUT2D eigenvalue weighted by atomic mass is 35.5. The third-order valence-corrected chi connectivity index (χ3v) is 7.56. The minimum absolute atomic E-state index is 0.154. The van der Waals surface area contributed by atoms with Crippen LogP contribution in [0.5, 0.6) is 5.75 Å². The maximum absolute atomic E-state index is 6.03. The van der Waals surface area contributed by atoms with Gasteiger partial charge in [-0.25, -0.2) is 0 Å². The summed E-state index contributed by atoms with van der Waals surface area (Å²) in [4.78, 5) is 4.88. The Hall–Kier alpha value is -1.80. The topological polar surface area (TPSA) is 21.6 Å². The molecule has 0 N–H and O–H groups in total. The van der Waals surface area contributed by atoms with Gasteiger partial charge in [0.15, 0.2) is 0 Å². The third kappa shape index (κ3) is 4.10. The van der Waals surface area contributed by atoms with E-state index < -0.39 is 0 Å². The van der Waals surface area contributed by atoms with E-state index in [4.69, 9.17) is 21.3 Å². The van der Waals surface area contributed by atoms with E-state index in [0.717, 1.165) is 22.4 Å². The number of benzene rings is 2. The lowest BCUT2D eigenvalue weighted by Gasteiger charge is -2.50. The van der Waals surface area contributed by atoms with Gasteiger partial charge in [0.25, 0.3) is 0 Å². The van der Waals surface area contributed by atoms with Gasteiger partial charge in [-0.05, 0) is 97.4 Å². The fraction of sp³-hybridized carbons (Fsp3) is 0.500. The second kappa shape index (κ2) is 8.52. The highest BCUT2D eigenvalue weighted by Gasteiger charge is 2.47. The van der Waals surface area contributed by atoms with Gasteiger partial charge in [-0.15, -0.1) is 0 Å². The SMILES string of the molecule is CCC[C@H]1[C@@H]2CCc3cc(OC)ccc3[C@H]2CC[C@]1(C)C=Nc1ccc(Cl)cc1. The molecule has 4 atom stereocenters. The van der Waals surface area contributed by atoms with Crippen molar-refractivity contribution in [2.45, 2.75) is 58.3 Å². The van der Waals surface area contributed by atoms with Gasteiger partial charge in [0.05, 0.1) is 12.8 Å². The molecule has 29 heavy (non-hydrogen) atoms. The average Bonchev–Trinajstić information content (AvgIpc) is 2.75. The molecule has 1 fully saturated rings. The summed E-state index contributed by atoms with van der Waals surface area (Å²) in [6.45, 7) is 4.76. The number of methoxy groups -OCH3 is 1. The van der Waals surface area contributed by atoms with Crippen LogP contribution in [0.3, 0.4) is 0 Å². The van der Waals surface area contributed by atoms with Crippen LogP contribution in [-0.4, -0.2) is 13.3 Å². The summed E-state index contributed by atoms with van der Waals surface area (Å²) in [7, 11) is 1.76. The van der Waals surface area contributed by atoms with Crippen molar-refractivity contribution in [1.82, 2.24) is 0 Å². The maximum Gasteiger partial charge on any atom is 0.119 e. The third-order valence-electron chi connectivity index (χ3n) is 7.31. The molecule has 2 nitrogen and oxygen atoms in total. The summed E-state index contributed by atoms with van der Waals surface area (Å²) in [5.41, 5.74) is 4.22. The van der Waals surface area contributed by atoms with Crippen LogP contribution in [0.15, 0.2) is 47.5 Å². The van der Waals surface area contributed by atoms with E-state index in [1.54, 1.807) is 12.7 Å². The van der Waals surface area contributed by atoms with Crippen LogP contribution in [0.25, 0.3) is 0 Å². The Morgan fingerprint density at radius 3 is 2.69 bits per heavy atom. The minimum Gasteiger partial charge on any atom is -0.497 e. The summed E-state index contributed by atoms with van der Waals surface area (Å²) in [5.74, 6) is 3.09. The first-order chi connectivity index (χ1) is 14.0. The number of aryl methyl sites for hydroxylation is 1. The van der Waals surface area contributed by atoms with Crippen molar-refractivity contribution in [3.05, 3.63) is 58.6 Å². The molecule has 0 amide bonds. The molecule has 4 rings (SSSR count). The van der Waals surface area contributed by atoms with Crippen LogP contribution in [0.4, 0.5) is 5.69 Å². The van der Waals surface area contributed by atoms with Crippen LogP contribution in [0.2, 0.25) is 5.02 Å². The fourth-order valence-corrected chi connectivity index (χ4v) is 5.92. The maximum atomic E-state index is 6.03. The molecule has 0 aliphatic heterocycles. The van der Waals surface area contributed by atoms with E-state index in [1.165, 1.54) is 44.1 Å². The number of hydrogen-bond acceptors (Lipinski definition) is 2. The normalized spacial score (nSPS) is 28.8. The van der Waals surface area contributed by atoms with E-state index in [-0.39, 0.29) is 5.41 Å². The molecule has 0 radical (unpaired) electrons. The van der Waals surface area contributed by atoms with Crippen molar-refractivity contribution in [3.8, 4) is 5.75 Å². The molecule has 2 aliphatic carbocycles. The van der Waals surface area contributed by atoms with E-state index in [0.29, 0.717) is 11.8 Å². The number of aliphatic imine (C=N–C) groups is 1. The van der Waals surface area contributed by atoms with Crippen molar-refractivity contribution in [3.63, 3.8) is 0 Å². The summed E-state index contributed by atoms with van der Waals surface area (Å²) in [5, 5.41) is 0.761. The smallest absolute Gasteiger partial charge is 0.119 e. The van der Waals surface area contributed by atoms with E-state index in [1.807, 2.05) is 24.3 Å². The van der Waals surface area contributed by atoms with E-state index >= 15 is 0 Å². The molecule has 0 unspecified atom stereocenters. The van der Waals surface area contributed by atoms with E-state index in [2.05, 4.69) is 38.3 Å². The lowest BCUT2D eigenvalue weighted by molar-refractivity contribution is 0.0784. The molecule has 0 saturated heterocycles. The Balaban J connectivity index is 1.61. The number of hydrogen-bond donors (Lipinski definition) is 0. The van der Waals surface area contributed by atoms with Crippen LogP contribution >= 0.6 is 11.6 Å². The van der Waals surface area contributed by atoms with Crippen LogP contribution in [0.1, 0.15) is 63.0 Å². The molecule has 2 aromatic rings. The molecule has 1 saturated carbocycles. The molecule has 0 spiro atoms. The molecule has 2 aromatic carbocycles. The van der Waals surface area contributed by atoms with Crippen molar-refractivity contribution >= 4 is 23.5 Å². The largest absolute Gasteiger partial charge is 0.497 e. The predicted octanol–water partition coefficient (Wildman–Crippen LogP) is 7.61. The first-order valence-electron chi connectivity index (χ1n) is 11.0. The Bertz CT molecular complexity index is 875. The van der Waals surface area contributed by atoms with Gasteiger partial charge in [0.1, 0.15) is 5.75 Å². The average molecular weight is 410 g/mol. The Morgan fingerprint density at radius 1 is 1.17 bits per heavy atom. The zero-order valence-electron chi connectivity index (χ0n) is 17.8. The first kappa shape index (κ1) is 20.5. The number of halogens is 1. The highest BCUT2D eigenvalue weighted by Crippen LogP contribution is 2.55. The molecule has 154 valence electrons. The minimum atomic E-state index is 0.154. The Morgan fingerprint density at radius 2 is 1.97 bits per heavy atom. The lowest BCUT2D eigenvalue weighted by atomic mass is 9.54. The van der Waals surface area contributed by atoms with Gasteiger partial charge in [-0.3, -0.25) is 4.99 Å². The molecule has 0 aromatic heterocycles. The summed E-state index contributed by atoms with van der Waals surface area (Å²) in [6.07, 6.45) is 9.65. The summed E-state index contributed by atoms with van der Waals surface area (Å²) in [6, 6.07) is 14.6. The van der Waals surface area contributed by atoms with Gasteiger partial charge in [-0.1, -0.05) is 37.9 Å². The lowest BCUT2D eigenvalue weighted by Crippen LogP contribution is -2.43. The van der Waals surface area contributed by atoms with Crippen molar-refractivity contribution in [2.75, 3.05) is 7.11 Å². The van der Waals surface area contributed by atoms with Crippen LogP contribution in [0, 0.1) is 17.3 Å². The van der Waals surface area contributed by atoms with Crippen LogP contribution < -0.4 is 4.74 Å². The zero-order valence-corrected chi connectivity index (χ0v) is 18.6.